The van der Waals surface area contributed by atoms with Gasteiger partial charge in [-0.3, -0.25) is 23.9 Å². The summed E-state index contributed by atoms with van der Waals surface area (Å²) in [6, 6.07) is 18.5. The molecule has 6 heterocycles. The van der Waals surface area contributed by atoms with Crippen LogP contribution in [0.1, 0.15) is 106 Å². The number of aliphatic hydroxyl groups is 1. The monoisotopic (exact) mass is 873 g/mol. The number of carbonyl (C=O) groups is 2. The van der Waals surface area contributed by atoms with E-state index in [1.165, 1.54) is 10.5 Å². The first-order chi connectivity index (χ1) is 29.7. The molecule has 62 heavy (non-hydrogen) atoms. The van der Waals surface area contributed by atoms with Crippen LogP contribution in [0.15, 0.2) is 77.2 Å². The number of nitrogens with zero attached hydrogens (tertiary/aromatic N) is 8. The van der Waals surface area contributed by atoms with E-state index in [1.807, 2.05) is 75.8 Å². The molecule has 3 aromatic heterocycles. The summed E-state index contributed by atoms with van der Waals surface area (Å²) < 4.78 is 3.72. The van der Waals surface area contributed by atoms with Gasteiger partial charge in [0.25, 0.3) is 5.56 Å². The average Bonchev–Trinajstić information content (AvgIpc) is 4.04. The molecule has 4 atom stereocenters. The summed E-state index contributed by atoms with van der Waals surface area (Å²) in [6.07, 6.45) is 3.15. The molecule has 2 N–H and O–H groups in total. The van der Waals surface area contributed by atoms with Crippen molar-refractivity contribution in [3.63, 3.8) is 0 Å². The zero-order chi connectivity index (χ0) is 43.6. The minimum absolute atomic E-state index is 0.0745. The summed E-state index contributed by atoms with van der Waals surface area (Å²) in [5.74, 6) is 0.398. The Kier molecular flexibility index (Phi) is 11.2. The second-order valence-electron chi connectivity index (χ2n) is 18.1. The highest BCUT2D eigenvalue weighted by molar-refractivity contribution is 7.13. The highest BCUT2D eigenvalue weighted by atomic mass is 35.5. The van der Waals surface area contributed by atoms with Crippen LogP contribution in [0.4, 0.5) is 0 Å². The molecule has 3 aliphatic heterocycles. The lowest BCUT2D eigenvalue weighted by Gasteiger charge is -2.32. The minimum atomic E-state index is -0.809. The van der Waals surface area contributed by atoms with Crippen molar-refractivity contribution in [3.8, 4) is 16.1 Å². The average molecular weight is 875 g/mol. The summed E-state index contributed by atoms with van der Waals surface area (Å²) in [4.78, 5) is 55.1. The molecule has 3 aliphatic rings. The number of hydrogen-bond acceptors (Lipinski definition) is 10. The number of aryl methyl sites for hydroxylation is 1. The Labute approximate surface area is 369 Å². The number of β-amino-alcohol motifs (C(OH)–C–C–N with tert-alkyl or cyclic N) is 1. The molecule has 6 aromatic rings. The van der Waals surface area contributed by atoms with Crippen LogP contribution in [0, 0.1) is 12.8 Å². The Balaban J connectivity index is 0.837. The number of thiazole rings is 1. The molecule has 0 radical (unpaired) electrons. The van der Waals surface area contributed by atoms with E-state index in [0.717, 1.165) is 75.9 Å². The number of hydrogen-bond donors (Lipinski definition) is 2. The molecule has 13 nitrogen and oxygen atoms in total. The zero-order valence-corrected chi connectivity index (χ0v) is 37.5. The Morgan fingerprint density at radius 3 is 2.52 bits per heavy atom. The maximum Gasteiger partial charge on any atom is 0.282 e. The Morgan fingerprint density at radius 1 is 1.05 bits per heavy atom. The third kappa shape index (κ3) is 7.54. The summed E-state index contributed by atoms with van der Waals surface area (Å²) in [5.41, 5.74) is 9.08. The summed E-state index contributed by atoms with van der Waals surface area (Å²) in [5, 5.41) is 23.7. The van der Waals surface area contributed by atoms with Gasteiger partial charge in [0.15, 0.2) is 0 Å². The highest BCUT2D eigenvalue weighted by Gasteiger charge is 2.43. The van der Waals surface area contributed by atoms with Crippen LogP contribution in [0.5, 0.6) is 0 Å². The number of aliphatic hydroxyl groups excluding tert-OH is 1. The fourth-order valence-electron chi connectivity index (χ4n) is 9.76. The van der Waals surface area contributed by atoms with Crippen LogP contribution in [-0.4, -0.2) is 88.0 Å². The number of aromatic nitrogens is 6. The van der Waals surface area contributed by atoms with Gasteiger partial charge in [-0.05, 0) is 106 Å². The van der Waals surface area contributed by atoms with Crippen LogP contribution in [-0.2, 0) is 21.5 Å². The van der Waals surface area contributed by atoms with Crippen molar-refractivity contribution in [2.45, 2.75) is 103 Å². The Hall–Kier alpha value is -5.28. The predicted molar refractivity (Wildman–Crippen MR) is 241 cm³/mol. The number of rotatable bonds is 10. The molecular weight excluding hydrogens is 822 g/mol. The lowest BCUT2D eigenvalue weighted by molar-refractivity contribution is -0.142. The lowest BCUT2D eigenvalue weighted by Crippen LogP contribution is -2.49. The number of fused-ring (bicyclic) bond motifs is 5. The number of amides is 2. The molecule has 0 saturated carbocycles. The lowest BCUT2D eigenvalue weighted by atomic mass is 9.81. The number of benzene rings is 3. The predicted octanol–water partition coefficient (Wildman–Crippen LogP) is 7.12. The van der Waals surface area contributed by atoms with Crippen LogP contribution < -0.4 is 10.9 Å². The third-order valence-electron chi connectivity index (χ3n) is 13.2. The van der Waals surface area contributed by atoms with Gasteiger partial charge >= 0.3 is 0 Å². The van der Waals surface area contributed by atoms with E-state index in [4.69, 9.17) is 11.6 Å². The van der Waals surface area contributed by atoms with E-state index >= 15 is 0 Å². The molecule has 0 spiro atoms. The summed E-state index contributed by atoms with van der Waals surface area (Å²) in [7, 11) is 0. The largest absolute Gasteiger partial charge is 0.391 e. The van der Waals surface area contributed by atoms with E-state index < -0.39 is 23.6 Å². The standard InChI is InChI=1S/C47H52ClN9O4S/c1-26(2)41(45(61)55-24-34(58)21-39(55)43(59)50-27(3)29-10-12-31(13-11-29)42-28(4)49-25-62-42)56-23-33(52-53-56)22-54-18-16-30(17-19-54)32-14-15-37-35(20-32)47(5,6)46-51-44(60)40-36(48)8-7-9-38(40)57(37)46/h7-15,20,23,25-27,30,34,39,41,58H,16-19,21-22,24H2,1-6H3,(H,50,59)/t27-,34+,39-,41-/m0/s1. The molecule has 2 amide bonds. The fraction of sp³-hybridized carbons (Fsp3) is 0.426. The van der Waals surface area contributed by atoms with E-state index in [0.29, 0.717) is 22.9 Å². The molecule has 0 aliphatic carbocycles. The number of nitrogens with one attached hydrogen (secondary N) is 1. The first-order valence-electron chi connectivity index (χ1n) is 21.5. The molecule has 0 bridgehead atoms. The van der Waals surface area contributed by atoms with Gasteiger partial charge in [-0.1, -0.05) is 73.1 Å². The van der Waals surface area contributed by atoms with E-state index in [-0.39, 0.29) is 42.3 Å². The number of halogens is 1. The molecule has 15 heteroatoms. The summed E-state index contributed by atoms with van der Waals surface area (Å²) >= 11 is 8.07. The van der Waals surface area contributed by atoms with Gasteiger partial charge in [0.1, 0.15) is 17.9 Å². The maximum atomic E-state index is 14.3. The second kappa shape index (κ2) is 16.4. The molecule has 322 valence electrons. The van der Waals surface area contributed by atoms with Gasteiger partial charge in [0.05, 0.1) is 67.1 Å². The van der Waals surface area contributed by atoms with Gasteiger partial charge in [0.2, 0.25) is 11.8 Å². The maximum absolute atomic E-state index is 14.3. The molecule has 3 aromatic carbocycles. The summed E-state index contributed by atoms with van der Waals surface area (Å²) in [6.45, 7) is 14.5. The smallest absolute Gasteiger partial charge is 0.282 e. The zero-order valence-electron chi connectivity index (χ0n) is 35.9. The number of carbonyl (C=O) groups excluding carboxylic acids is 2. The van der Waals surface area contributed by atoms with Crippen molar-refractivity contribution in [3.05, 3.63) is 122 Å². The van der Waals surface area contributed by atoms with Crippen molar-refractivity contribution < 1.29 is 14.7 Å². The topological polar surface area (TPSA) is 151 Å². The van der Waals surface area contributed by atoms with Crippen molar-refractivity contribution in [1.29, 1.82) is 0 Å². The number of piperidine rings is 1. The molecule has 0 unspecified atom stereocenters. The Bertz CT molecular complexity index is 2740. The van der Waals surface area contributed by atoms with Gasteiger partial charge < -0.3 is 15.3 Å². The number of likely N-dealkylation sites (tertiary alicyclic amines) is 2. The molecular formula is C47H52ClN9O4S. The third-order valence-corrected chi connectivity index (χ3v) is 14.5. The van der Waals surface area contributed by atoms with E-state index in [9.17, 15) is 19.5 Å². The first kappa shape index (κ1) is 42.0. The van der Waals surface area contributed by atoms with Crippen LogP contribution in [0.2, 0.25) is 5.02 Å². The van der Waals surface area contributed by atoms with Crippen LogP contribution in [0.3, 0.4) is 0 Å². The van der Waals surface area contributed by atoms with Crippen LogP contribution in [0.25, 0.3) is 27.0 Å². The van der Waals surface area contributed by atoms with Crippen molar-refractivity contribution >= 4 is 45.7 Å². The Morgan fingerprint density at radius 2 is 1.81 bits per heavy atom. The second-order valence-corrected chi connectivity index (χ2v) is 19.3. The van der Waals surface area contributed by atoms with Crippen molar-refractivity contribution in [2.75, 3.05) is 19.6 Å². The van der Waals surface area contributed by atoms with E-state index in [2.05, 4.69) is 67.1 Å². The molecule has 9 rings (SSSR count). The highest BCUT2D eigenvalue weighted by Crippen LogP contribution is 2.45. The molecule has 2 fully saturated rings. The first-order valence-corrected chi connectivity index (χ1v) is 22.7. The van der Waals surface area contributed by atoms with Gasteiger partial charge in [-0.15, -0.1) is 16.4 Å². The van der Waals surface area contributed by atoms with E-state index in [1.54, 1.807) is 22.1 Å². The van der Waals surface area contributed by atoms with Gasteiger partial charge in [0, 0.05) is 19.5 Å². The van der Waals surface area contributed by atoms with Gasteiger partial charge in [-0.2, -0.15) is 4.98 Å². The fourth-order valence-corrected chi connectivity index (χ4v) is 10.8. The SMILES string of the molecule is Cc1ncsc1-c1ccc([C@H](C)NC(=O)[C@@H]2C[C@@H](O)CN2C(=O)[C@H](C(C)C)n2cc(CN3CCC(c4ccc5c(c4)C(C)(C)c4nc(=O)c6c(Cl)cccc6n4-5)CC3)nn2)cc1. The van der Waals surface area contributed by atoms with Crippen molar-refractivity contribution in [2.24, 2.45) is 5.92 Å². The molecule has 2 saturated heterocycles. The van der Waals surface area contributed by atoms with Crippen molar-refractivity contribution in [1.82, 2.24) is 44.6 Å². The normalized spacial score (nSPS) is 19.8. The van der Waals surface area contributed by atoms with Gasteiger partial charge in [-0.25, -0.2) is 9.67 Å². The quantitative estimate of drug-likeness (QED) is 0.147. The minimum Gasteiger partial charge on any atom is -0.391 e. The van der Waals surface area contributed by atoms with Crippen LogP contribution >= 0.6 is 22.9 Å².